The highest BCUT2D eigenvalue weighted by molar-refractivity contribution is 7.10. The molecule has 3 nitrogen and oxygen atoms in total. The lowest BCUT2D eigenvalue weighted by molar-refractivity contribution is -0.143. The number of hydrogen-bond acceptors (Lipinski definition) is 3. The lowest BCUT2D eigenvalue weighted by atomic mass is 9.92. The molecule has 134 valence electrons. The second-order valence-corrected chi connectivity index (χ2v) is 8.10. The van der Waals surface area contributed by atoms with Crippen molar-refractivity contribution in [2.24, 2.45) is 5.92 Å². The number of rotatable bonds is 4. The Balaban J connectivity index is 1.77. The van der Waals surface area contributed by atoms with Crippen molar-refractivity contribution >= 4 is 28.1 Å². The molecular formula is C22H23NO2S. The van der Waals surface area contributed by atoms with Gasteiger partial charge in [-0.3, -0.25) is 9.69 Å². The van der Waals surface area contributed by atoms with E-state index in [1.165, 1.54) is 26.8 Å². The molecule has 0 bridgehead atoms. The predicted octanol–water partition coefficient (Wildman–Crippen LogP) is 5.10. The summed E-state index contributed by atoms with van der Waals surface area (Å²) in [5, 5.41) is 14.1. The van der Waals surface area contributed by atoms with Gasteiger partial charge in [0.2, 0.25) is 0 Å². The second kappa shape index (κ2) is 7.22. The van der Waals surface area contributed by atoms with E-state index in [0.29, 0.717) is 6.54 Å². The molecular weight excluding hydrogens is 342 g/mol. The number of likely N-dealkylation sites (tertiary alicyclic amines) is 1. The Bertz CT molecular complexity index is 933. The smallest absolute Gasteiger partial charge is 0.307 e. The Hall–Kier alpha value is -2.17. The van der Waals surface area contributed by atoms with Gasteiger partial charge < -0.3 is 5.11 Å². The Labute approximate surface area is 157 Å². The average Bonchev–Trinajstić information content (AvgIpc) is 3.08. The van der Waals surface area contributed by atoms with Crippen molar-refractivity contribution in [2.75, 3.05) is 13.1 Å². The second-order valence-electron chi connectivity index (χ2n) is 7.15. The fourth-order valence-electron chi connectivity index (χ4n) is 4.01. The van der Waals surface area contributed by atoms with Gasteiger partial charge >= 0.3 is 5.97 Å². The van der Waals surface area contributed by atoms with Gasteiger partial charge in [-0.15, -0.1) is 11.3 Å². The molecule has 2 heterocycles. The van der Waals surface area contributed by atoms with Crippen LogP contribution in [0.15, 0.2) is 53.9 Å². The number of fused-ring (bicyclic) bond motifs is 1. The lowest BCUT2D eigenvalue weighted by Gasteiger charge is -2.37. The zero-order chi connectivity index (χ0) is 18.1. The van der Waals surface area contributed by atoms with Gasteiger partial charge in [-0.1, -0.05) is 36.4 Å². The number of carboxylic acid groups (broad SMARTS) is 1. The summed E-state index contributed by atoms with van der Waals surface area (Å²) in [6.45, 7) is 3.71. The fraction of sp³-hybridized carbons (Fsp3) is 0.318. The first-order valence-corrected chi connectivity index (χ1v) is 10.0. The number of aryl methyl sites for hydroxylation is 1. The summed E-state index contributed by atoms with van der Waals surface area (Å²) in [7, 11) is 0. The number of aliphatic carboxylic acids is 1. The molecule has 1 aliphatic rings. The molecule has 1 aromatic heterocycles. The van der Waals surface area contributed by atoms with Crippen LogP contribution in [-0.2, 0) is 4.79 Å². The molecule has 2 unspecified atom stereocenters. The van der Waals surface area contributed by atoms with Crippen molar-refractivity contribution in [1.29, 1.82) is 0 Å². The molecule has 0 amide bonds. The molecule has 1 aliphatic heterocycles. The molecule has 0 saturated carbocycles. The highest BCUT2D eigenvalue weighted by Crippen LogP contribution is 2.37. The first-order chi connectivity index (χ1) is 12.6. The molecule has 1 N–H and O–H groups in total. The number of piperidine rings is 1. The van der Waals surface area contributed by atoms with Crippen LogP contribution >= 0.6 is 11.3 Å². The van der Waals surface area contributed by atoms with Crippen molar-refractivity contribution in [3.05, 3.63) is 69.9 Å². The van der Waals surface area contributed by atoms with E-state index in [0.717, 1.165) is 19.4 Å². The number of hydrogen-bond donors (Lipinski definition) is 1. The zero-order valence-electron chi connectivity index (χ0n) is 14.9. The fourth-order valence-corrected chi connectivity index (χ4v) is 5.10. The van der Waals surface area contributed by atoms with Gasteiger partial charge in [-0.2, -0.15) is 0 Å². The number of carboxylic acids is 1. The van der Waals surface area contributed by atoms with Gasteiger partial charge in [0, 0.05) is 11.4 Å². The highest BCUT2D eigenvalue weighted by atomic mass is 32.1. The maximum Gasteiger partial charge on any atom is 0.307 e. The van der Waals surface area contributed by atoms with Crippen molar-refractivity contribution in [3.63, 3.8) is 0 Å². The van der Waals surface area contributed by atoms with Gasteiger partial charge in [0.1, 0.15) is 0 Å². The van der Waals surface area contributed by atoms with E-state index in [-0.39, 0.29) is 12.0 Å². The summed E-state index contributed by atoms with van der Waals surface area (Å²) in [5.74, 6) is -0.943. The van der Waals surface area contributed by atoms with E-state index < -0.39 is 5.97 Å². The van der Waals surface area contributed by atoms with E-state index in [2.05, 4.69) is 65.7 Å². The Morgan fingerprint density at radius 3 is 2.73 bits per heavy atom. The van der Waals surface area contributed by atoms with Crippen LogP contribution in [0, 0.1) is 12.8 Å². The first-order valence-electron chi connectivity index (χ1n) is 9.13. The molecule has 1 fully saturated rings. The quantitative estimate of drug-likeness (QED) is 0.699. The molecule has 4 rings (SSSR count). The standard InChI is InChI=1S/C22H23NO2S/c1-15-10-12-26-21(15)20(23-11-4-7-19(14-23)22(24)25)18-9-8-16-5-2-3-6-17(16)13-18/h2-3,5-6,8-10,12-13,19-20H,4,7,11,14H2,1H3,(H,24,25). The Kier molecular flexibility index (Phi) is 4.79. The predicted molar refractivity (Wildman–Crippen MR) is 107 cm³/mol. The van der Waals surface area contributed by atoms with Crippen LogP contribution in [0.3, 0.4) is 0 Å². The van der Waals surface area contributed by atoms with Crippen LogP contribution in [0.5, 0.6) is 0 Å². The van der Waals surface area contributed by atoms with Crippen LogP contribution in [-0.4, -0.2) is 29.1 Å². The summed E-state index contributed by atoms with van der Waals surface area (Å²) in [6, 6.07) is 17.3. The number of thiophene rings is 1. The topological polar surface area (TPSA) is 40.5 Å². The largest absolute Gasteiger partial charge is 0.481 e. The normalized spacial score (nSPS) is 19.5. The van der Waals surface area contributed by atoms with Gasteiger partial charge in [0.25, 0.3) is 0 Å². The summed E-state index contributed by atoms with van der Waals surface area (Å²) < 4.78 is 0. The van der Waals surface area contributed by atoms with Gasteiger partial charge in [-0.05, 0) is 65.7 Å². The molecule has 3 aromatic rings. The molecule has 2 atom stereocenters. The zero-order valence-corrected chi connectivity index (χ0v) is 15.7. The Morgan fingerprint density at radius 2 is 2.00 bits per heavy atom. The van der Waals surface area contributed by atoms with Crippen LogP contribution in [0.4, 0.5) is 0 Å². The minimum atomic E-state index is -0.671. The van der Waals surface area contributed by atoms with Crippen molar-refractivity contribution < 1.29 is 9.90 Å². The van der Waals surface area contributed by atoms with E-state index in [1.54, 1.807) is 11.3 Å². The van der Waals surface area contributed by atoms with E-state index in [4.69, 9.17) is 0 Å². The molecule has 26 heavy (non-hydrogen) atoms. The first kappa shape index (κ1) is 17.3. The van der Waals surface area contributed by atoms with Crippen molar-refractivity contribution in [2.45, 2.75) is 25.8 Å². The van der Waals surface area contributed by atoms with E-state index in [9.17, 15) is 9.90 Å². The molecule has 2 aromatic carbocycles. The van der Waals surface area contributed by atoms with Crippen LogP contribution in [0.1, 0.15) is 34.9 Å². The number of nitrogens with zero attached hydrogens (tertiary/aromatic N) is 1. The molecule has 0 spiro atoms. The lowest BCUT2D eigenvalue weighted by Crippen LogP contribution is -2.41. The summed E-state index contributed by atoms with van der Waals surface area (Å²) in [5.41, 5.74) is 2.53. The van der Waals surface area contributed by atoms with E-state index in [1.807, 2.05) is 0 Å². The molecule has 0 aliphatic carbocycles. The number of carbonyl (C=O) groups is 1. The SMILES string of the molecule is Cc1ccsc1C(c1ccc2ccccc2c1)N1CCCC(C(=O)O)C1. The summed E-state index contributed by atoms with van der Waals surface area (Å²) in [4.78, 5) is 15.3. The van der Waals surface area contributed by atoms with Crippen LogP contribution < -0.4 is 0 Å². The minimum absolute atomic E-state index is 0.127. The monoisotopic (exact) mass is 365 g/mol. The third kappa shape index (κ3) is 3.27. The molecule has 4 heteroatoms. The third-order valence-corrected chi connectivity index (χ3v) is 6.48. The van der Waals surface area contributed by atoms with Crippen molar-refractivity contribution in [3.8, 4) is 0 Å². The highest BCUT2D eigenvalue weighted by Gasteiger charge is 2.32. The van der Waals surface area contributed by atoms with Crippen molar-refractivity contribution in [1.82, 2.24) is 4.90 Å². The third-order valence-electron chi connectivity index (χ3n) is 5.41. The van der Waals surface area contributed by atoms with Gasteiger partial charge in [0.05, 0.1) is 12.0 Å². The maximum atomic E-state index is 11.6. The Morgan fingerprint density at radius 1 is 1.19 bits per heavy atom. The molecule has 1 saturated heterocycles. The minimum Gasteiger partial charge on any atom is -0.481 e. The van der Waals surface area contributed by atoms with Gasteiger partial charge in [-0.25, -0.2) is 0 Å². The summed E-state index contributed by atoms with van der Waals surface area (Å²) in [6.07, 6.45) is 1.71. The maximum absolute atomic E-state index is 11.6. The number of benzene rings is 2. The summed E-state index contributed by atoms with van der Waals surface area (Å²) >= 11 is 1.77. The average molecular weight is 365 g/mol. The van der Waals surface area contributed by atoms with Crippen LogP contribution in [0.2, 0.25) is 0 Å². The van der Waals surface area contributed by atoms with Crippen LogP contribution in [0.25, 0.3) is 10.8 Å². The van der Waals surface area contributed by atoms with Gasteiger partial charge in [0.15, 0.2) is 0 Å². The molecule has 0 radical (unpaired) electrons. The van der Waals surface area contributed by atoms with E-state index >= 15 is 0 Å².